The summed E-state index contributed by atoms with van der Waals surface area (Å²) < 4.78 is 45.4. The maximum Gasteiger partial charge on any atom is 0.406 e. The van der Waals surface area contributed by atoms with Crippen LogP contribution in [0.1, 0.15) is 21.6 Å². The van der Waals surface area contributed by atoms with Gasteiger partial charge in [0.05, 0.1) is 6.54 Å². The highest BCUT2D eigenvalue weighted by molar-refractivity contribution is 5.92. The number of nitrogens with zero attached hydrogens (tertiary/aromatic N) is 3. The van der Waals surface area contributed by atoms with Crippen molar-refractivity contribution < 1.29 is 22.7 Å². The summed E-state index contributed by atoms with van der Waals surface area (Å²) in [6.07, 6.45) is -4.13. The van der Waals surface area contributed by atoms with E-state index < -0.39 is 18.6 Å². The molecule has 0 radical (unpaired) electrons. The van der Waals surface area contributed by atoms with Gasteiger partial charge in [-0.2, -0.15) is 18.3 Å². The van der Waals surface area contributed by atoms with Crippen LogP contribution in [-0.2, 0) is 13.0 Å². The Bertz CT molecular complexity index is 732. The fraction of sp³-hybridized carbons (Fsp3) is 0.412. The molecule has 25 heavy (non-hydrogen) atoms. The minimum Gasteiger partial charge on any atom is -0.476 e. The molecule has 1 aromatic carbocycles. The molecule has 1 amide bonds. The van der Waals surface area contributed by atoms with Crippen LogP contribution >= 0.6 is 0 Å². The molecule has 3 rings (SSSR count). The first-order valence-corrected chi connectivity index (χ1v) is 7.94. The first kappa shape index (κ1) is 17.3. The zero-order valence-corrected chi connectivity index (χ0v) is 13.7. The first-order chi connectivity index (χ1) is 11.8. The molecule has 2 aromatic rings. The summed E-state index contributed by atoms with van der Waals surface area (Å²) in [7, 11) is 0. The SMILES string of the molecule is Cc1ccc(CCN(CC(F)(F)F)C(=O)c2cc3n(n2)CCO3)cc1. The van der Waals surface area contributed by atoms with E-state index in [0.29, 0.717) is 25.5 Å². The lowest BCUT2D eigenvalue weighted by molar-refractivity contribution is -0.140. The van der Waals surface area contributed by atoms with Gasteiger partial charge in [0.1, 0.15) is 13.2 Å². The van der Waals surface area contributed by atoms with E-state index in [4.69, 9.17) is 4.74 Å². The molecule has 134 valence electrons. The second kappa shape index (κ2) is 6.78. The Morgan fingerprint density at radius 1 is 1.32 bits per heavy atom. The highest BCUT2D eigenvalue weighted by atomic mass is 19.4. The molecule has 5 nitrogen and oxygen atoms in total. The average molecular weight is 353 g/mol. The van der Waals surface area contributed by atoms with E-state index in [-0.39, 0.29) is 12.2 Å². The topological polar surface area (TPSA) is 47.4 Å². The van der Waals surface area contributed by atoms with Gasteiger partial charge in [0.2, 0.25) is 5.88 Å². The van der Waals surface area contributed by atoms with E-state index in [9.17, 15) is 18.0 Å². The van der Waals surface area contributed by atoms with Crippen molar-refractivity contribution in [1.29, 1.82) is 0 Å². The number of carbonyl (C=O) groups excluding carboxylic acids is 1. The third-order valence-corrected chi connectivity index (χ3v) is 3.96. The number of alkyl halides is 3. The molecule has 0 bridgehead atoms. The van der Waals surface area contributed by atoms with Crippen LogP contribution in [0.3, 0.4) is 0 Å². The number of ether oxygens (including phenoxy) is 1. The van der Waals surface area contributed by atoms with Crippen molar-refractivity contribution in [3.8, 4) is 5.88 Å². The third kappa shape index (κ3) is 4.32. The van der Waals surface area contributed by atoms with Crippen molar-refractivity contribution in [1.82, 2.24) is 14.7 Å². The average Bonchev–Trinajstić information content (AvgIpc) is 3.12. The van der Waals surface area contributed by atoms with Crippen molar-refractivity contribution in [2.24, 2.45) is 0 Å². The van der Waals surface area contributed by atoms with Gasteiger partial charge in [-0.05, 0) is 18.9 Å². The third-order valence-electron chi connectivity index (χ3n) is 3.96. The molecular weight excluding hydrogens is 335 g/mol. The van der Waals surface area contributed by atoms with Gasteiger partial charge in [0, 0.05) is 12.6 Å². The molecule has 0 aliphatic carbocycles. The molecule has 2 heterocycles. The van der Waals surface area contributed by atoms with E-state index in [2.05, 4.69) is 5.10 Å². The molecule has 0 fully saturated rings. The second-order valence-corrected chi connectivity index (χ2v) is 6.02. The number of amides is 1. The van der Waals surface area contributed by atoms with Gasteiger partial charge in [-0.3, -0.25) is 4.79 Å². The molecule has 0 saturated heterocycles. The Balaban J connectivity index is 1.73. The van der Waals surface area contributed by atoms with Crippen LogP contribution in [0.2, 0.25) is 0 Å². The quantitative estimate of drug-likeness (QED) is 0.830. The Labute approximate surface area is 143 Å². The van der Waals surface area contributed by atoms with Crippen LogP contribution in [0.15, 0.2) is 30.3 Å². The zero-order valence-electron chi connectivity index (χ0n) is 13.7. The van der Waals surface area contributed by atoms with Gasteiger partial charge in [0.15, 0.2) is 5.69 Å². The van der Waals surface area contributed by atoms with E-state index in [1.807, 2.05) is 31.2 Å². The van der Waals surface area contributed by atoms with Crippen LogP contribution in [-0.4, -0.2) is 46.5 Å². The summed E-state index contributed by atoms with van der Waals surface area (Å²) in [4.78, 5) is 13.3. The van der Waals surface area contributed by atoms with Gasteiger partial charge in [-0.25, -0.2) is 4.68 Å². The predicted octanol–water partition coefficient (Wildman–Crippen LogP) is 2.83. The lowest BCUT2D eigenvalue weighted by Gasteiger charge is -2.23. The molecule has 0 unspecified atom stereocenters. The summed E-state index contributed by atoms with van der Waals surface area (Å²) >= 11 is 0. The van der Waals surface area contributed by atoms with Gasteiger partial charge in [-0.1, -0.05) is 29.8 Å². The number of fused-ring (bicyclic) bond motifs is 1. The van der Waals surface area contributed by atoms with E-state index >= 15 is 0 Å². The maximum atomic E-state index is 12.9. The number of halogens is 3. The monoisotopic (exact) mass is 353 g/mol. The molecule has 1 aliphatic rings. The smallest absolute Gasteiger partial charge is 0.406 e. The molecule has 8 heteroatoms. The first-order valence-electron chi connectivity index (χ1n) is 7.94. The van der Waals surface area contributed by atoms with Crippen LogP contribution in [0.25, 0.3) is 0 Å². The second-order valence-electron chi connectivity index (χ2n) is 6.02. The van der Waals surface area contributed by atoms with Crippen LogP contribution in [0, 0.1) is 6.92 Å². The van der Waals surface area contributed by atoms with Crippen molar-refractivity contribution in [3.63, 3.8) is 0 Å². The Morgan fingerprint density at radius 2 is 2.04 bits per heavy atom. The fourth-order valence-corrected chi connectivity index (χ4v) is 2.67. The number of aryl methyl sites for hydroxylation is 1. The Morgan fingerprint density at radius 3 is 2.68 bits per heavy atom. The number of carbonyl (C=O) groups is 1. The van der Waals surface area contributed by atoms with Crippen molar-refractivity contribution in [2.75, 3.05) is 19.7 Å². The summed E-state index contributed by atoms with van der Waals surface area (Å²) in [5, 5.41) is 4.04. The van der Waals surface area contributed by atoms with Crippen molar-refractivity contribution >= 4 is 5.91 Å². The summed E-state index contributed by atoms with van der Waals surface area (Å²) in [6.45, 7) is 1.54. The summed E-state index contributed by atoms with van der Waals surface area (Å²) in [5.74, 6) is -0.330. The van der Waals surface area contributed by atoms with Gasteiger partial charge in [-0.15, -0.1) is 0 Å². The number of hydrogen-bond acceptors (Lipinski definition) is 3. The maximum absolute atomic E-state index is 12.9. The van der Waals surface area contributed by atoms with Gasteiger partial charge < -0.3 is 9.64 Å². The number of aromatic nitrogens is 2. The number of benzene rings is 1. The molecule has 0 spiro atoms. The molecule has 0 saturated carbocycles. The standard InChI is InChI=1S/C17H18F3N3O2/c1-12-2-4-13(5-3-12)6-7-22(11-17(18,19)20)16(24)14-10-15-23(21-14)8-9-25-15/h2-5,10H,6-9,11H2,1H3. The van der Waals surface area contributed by atoms with Gasteiger partial charge >= 0.3 is 6.18 Å². The Kier molecular flexibility index (Phi) is 4.69. The number of hydrogen-bond donors (Lipinski definition) is 0. The minimum atomic E-state index is -4.47. The van der Waals surface area contributed by atoms with Crippen molar-refractivity contribution in [2.45, 2.75) is 26.1 Å². The minimum absolute atomic E-state index is 0.0251. The van der Waals surface area contributed by atoms with E-state index in [1.54, 1.807) is 0 Å². The number of rotatable bonds is 5. The van der Waals surface area contributed by atoms with Crippen LogP contribution < -0.4 is 4.74 Å². The summed E-state index contributed by atoms with van der Waals surface area (Å²) in [6, 6.07) is 8.88. The lowest BCUT2D eigenvalue weighted by atomic mass is 10.1. The van der Waals surface area contributed by atoms with Crippen LogP contribution in [0.5, 0.6) is 5.88 Å². The van der Waals surface area contributed by atoms with Gasteiger partial charge in [0.25, 0.3) is 5.91 Å². The normalized spacial score (nSPS) is 13.4. The van der Waals surface area contributed by atoms with E-state index in [1.165, 1.54) is 10.7 Å². The highest BCUT2D eigenvalue weighted by Gasteiger charge is 2.34. The Hall–Kier alpha value is -2.51. The molecule has 0 atom stereocenters. The molecule has 0 N–H and O–H groups in total. The van der Waals surface area contributed by atoms with Crippen molar-refractivity contribution in [3.05, 3.63) is 47.2 Å². The largest absolute Gasteiger partial charge is 0.476 e. The molecule has 1 aromatic heterocycles. The molecule has 1 aliphatic heterocycles. The van der Waals surface area contributed by atoms with E-state index in [0.717, 1.165) is 16.0 Å². The molecular formula is C17H18F3N3O2. The fourth-order valence-electron chi connectivity index (χ4n) is 2.67. The highest BCUT2D eigenvalue weighted by Crippen LogP contribution is 2.22. The van der Waals surface area contributed by atoms with Crippen LogP contribution in [0.4, 0.5) is 13.2 Å². The summed E-state index contributed by atoms with van der Waals surface area (Å²) in [5.41, 5.74) is 1.92. The predicted molar refractivity (Wildman–Crippen MR) is 84.6 cm³/mol. The lowest BCUT2D eigenvalue weighted by Crippen LogP contribution is -2.40. The zero-order chi connectivity index (χ0) is 18.0.